The topological polar surface area (TPSA) is 102 Å². The number of aromatic carboxylic acids is 1. The molecule has 0 aliphatic carbocycles. The summed E-state index contributed by atoms with van der Waals surface area (Å²) in [4.78, 5) is 15.7. The van der Waals surface area contributed by atoms with Crippen LogP contribution in [0.4, 0.5) is 4.39 Å². The standard InChI is InChI=1S/C19H11ClFN3O4/c1-9-14(16(23-27-9)15-12(20)7-4-8-13(15)21)18-22-17(24-28-18)10-5-2-3-6-11(10)19(25)26/h2-8H,1H3,(H,25,26). The van der Waals surface area contributed by atoms with Crippen LogP contribution >= 0.6 is 11.6 Å². The summed E-state index contributed by atoms with van der Waals surface area (Å²) >= 11 is 6.14. The van der Waals surface area contributed by atoms with E-state index in [0.29, 0.717) is 5.76 Å². The van der Waals surface area contributed by atoms with Crippen molar-refractivity contribution in [1.29, 1.82) is 0 Å². The first-order chi connectivity index (χ1) is 13.5. The van der Waals surface area contributed by atoms with Crippen LogP contribution in [-0.4, -0.2) is 26.4 Å². The Morgan fingerprint density at radius 2 is 1.86 bits per heavy atom. The predicted octanol–water partition coefficient (Wildman–Crippen LogP) is 4.86. The fourth-order valence-corrected chi connectivity index (χ4v) is 3.07. The highest BCUT2D eigenvalue weighted by atomic mass is 35.5. The van der Waals surface area contributed by atoms with Gasteiger partial charge in [-0.1, -0.05) is 46.2 Å². The molecular formula is C19H11ClFN3O4. The minimum atomic E-state index is -1.12. The Bertz CT molecular complexity index is 1180. The molecule has 4 aromatic rings. The number of aromatic nitrogens is 3. The molecule has 0 bridgehead atoms. The summed E-state index contributed by atoms with van der Waals surface area (Å²) in [5, 5.41) is 17.2. The highest BCUT2D eigenvalue weighted by Crippen LogP contribution is 2.38. The Hall–Kier alpha value is -3.52. The van der Waals surface area contributed by atoms with E-state index in [4.69, 9.17) is 20.6 Å². The lowest BCUT2D eigenvalue weighted by molar-refractivity contribution is 0.0697. The van der Waals surface area contributed by atoms with Gasteiger partial charge in [0.2, 0.25) is 5.82 Å². The number of carbonyl (C=O) groups is 1. The van der Waals surface area contributed by atoms with E-state index >= 15 is 0 Å². The molecule has 0 saturated heterocycles. The van der Waals surface area contributed by atoms with E-state index in [1.54, 1.807) is 25.1 Å². The summed E-state index contributed by atoms with van der Waals surface area (Å²) < 4.78 is 24.9. The van der Waals surface area contributed by atoms with Crippen LogP contribution in [0.2, 0.25) is 5.02 Å². The summed E-state index contributed by atoms with van der Waals surface area (Å²) in [5.74, 6) is -1.32. The fraction of sp³-hybridized carbons (Fsp3) is 0.0526. The van der Waals surface area contributed by atoms with Gasteiger partial charge in [0, 0.05) is 5.56 Å². The molecule has 2 aromatic carbocycles. The molecule has 2 heterocycles. The van der Waals surface area contributed by atoms with Gasteiger partial charge in [-0.05, 0) is 25.1 Å². The minimum Gasteiger partial charge on any atom is -0.478 e. The van der Waals surface area contributed by atoms with Crippen molar-refractivity contribution < 1.29 is 23.3 Å². The van der Waals surface area contributed by atoms with E-state index in [-0.39, 0.29) is 44.7 Å². The number of hydrogen-bond acceptors (Lipinski definition) is 6. The lowest BCUT2D eigenvalue weighted by atomic mass is 10.1. The third-order valence-corrected chi connectivity index (χ3v) is 4.42. The maximum Gasteiger partial charge on any atom is 0.336 e. The number of hydrogen-bond donors (Lipinski definition) is 1. The molecule has 1 N–H and O–H groups in total. The number of rotatable bonds is 4. The van der Waals surface area contributed by atoms with Crippen molar-refractivity contribution in [3.05, 3.63) is 64.6 Å². The van der Waals surface area contributed by atoms with Crippen molar-refractivity contribution in [1.82, 2.24) is 15.3 Å². The number of carboxylic acid groups (broad SMARTS) is 1. The van der Waals surface area contributed by atoms with Gasteiger partial charge < -0.3 is 14.2 Å². The Labute approximate surface area is 162 Å². The quantitative estimate of drug-likeness (QED) is 0.522. The number of aryl methyl sites for hydroxylation is 1. The molecule has 0 aliphatic rings. The molecule has 0 atom stereocenters. The molecule has 2 aromatic heterocycles. The fourth-order valence-electron chi connectivity index (χ4n) is 2.82. The van der Waals surface area contributed by atoms with Crippen LogP contribution in [0.15, 0.2) is 51.5 Å². The highest BCUT2D eigenvalue weighted by Gasteiger charge is 2.26. The number of halogens is 2. The van der Waals surface area contributed by atoms with Crippen LogP contribution in [0.25, 0.3) is 34.1 Å². The predicted molar refractivity (Wildman–Crippen MR) is 97.3 cm³/mol. The largest absolute Gasteiger partial charge is 0.478 e. The van der Waals surface area contributed by atoms with Crippen LogP contribution in [0.3, 0.4) is 0 Å². The van der Waals surface area contributed by atoms with Gasteiger partial charge in [-0.15, -0.1) is 0 Å². The van der Waals surface area contributed by atoms with Crippen LogP contribution in [0, 0.1) is 12.7 Å². The van der Waals surface area contributed by atoms with Crippen LogP contribution in [0.5, 0.6) is 0 Å². The number of carboxylic acids is 1. The maximum atomic E-state index is 14.4. The van der Waals surface area contributed by atoms with Gasteiger partial charge >= 0.3 is 5.97 Å². The second kappa shape index (κ2) is 6.90. The lowest BCUT2D eigenvalue weighted by Gasteiger charge is -2.03. The van der Waals surface area contributed by atoms with E-state index < -0.39 is 11.8 Å². The van der Waals surface area contributed by atoms with E-state index in [1.165, 1.54) is 24.3 Å². The molecular weight excluding hydrogens is 389 g/mol. The van der Waals surface area contributed by atoms with Gasteiger partial charge in [0.1, 0.15) is 22.8 Å². The summed E-state index contributed by atoms with van der Waals surface area (Å²) in [6.07, 6.45) is 0. The Balaban J connectivity index is 1.86. The Morgan fingerprint density at radius 1 is 1.07 bits per heavy atom. The van der Waals surface area contributed by atoms with Crippen molar-refractivity contribution in [2.45, 2.75) is 6.92 Å². The van der Waals surface area contributed by atoms with Crippen LogP contribution in [0.1, 0.15) is 16.1 Å². The Morgan fingerprint density at radius 3 is 2.61 bits per heavy atom. The van der Waals surface area contributed by atoms with Crippen molar-refractivity contribution in [3.8, 4) is 34.1 Å². The first kappa shape index (κ1) is 17.9. The monoisotopic (exact) mass is 399 g/mol. The zero-order valence-corrected chi connectivity index (χ0v) is 15.1. The smallest absolute Gasteiger partial charge is 0.336 e. The highest BCUT2D eigenvalue weighted by molar-refractivity contribution is 6.33. The molecule has 0 radical (unpaired) electrons. The van der Waals surface area contributed by atoms with Gasteiger partial charge in [0.05, 0.1) is 16.1 Å². The van der Waals surface area contributed by atoms with Gasteiger partial charge in [0.15, 0.2) is 0 Å². The molecule has 0 aliphatic heterocycles. The molecule has 0 saturated carbocycles. The van der Waals surface area contributed by atoms with Crippen molar-refractivity contribution in [3.63, 3.8) is 0 Å². The van der Waals surface area contributed by atoms with E-state index in [2.05, 4.69) is 15.3 Å². The van der Waals surface area contributed by atoms with Crippen molar-refractivity contribution in [2.75, 3.05) is 0 Å². The van der Waals surface area contributed by atoms with Gasteiger partial charge in [-0.2, -0.15) is 4.98 Å². The Kier molecular flexibility index (Phi) is 4.40. The van der Waals surface area contributed by atoms with Crippen molar-refractivity contribution in [2.24, 2.45) is 0 Å². The number of nitrogens with zero attached hydrogens (tertiary/aromatic N) is 3. The zero-order chi connectivity index (χ0) is 19.8. The number of benzene rings is 2. The second-order valence-electron chi connectivity index (χ2n) is 5.83. The van der Waals surface area contributed by atoms with Crippen LogP contribution in [-0.2, 0) is 0 Å². The summed E-state index contributed by atoms with van der Waals surface area (Å²) in [6.45, 7) is 1.61. The van der Waals surface area contributed by atoms with E-state index in [9.17, 15) is 14.3 Å². The first-order valence-corrected chi connectivity index (χ1v) is 8.42. The lowest BCUT2D eigenvalue weighted by Crippen LogP contribution is -1.99. The molecule has 0 spiro atoms. The summed E-state index contributed by atoms with van der Waals surface area (Å²) in [7, 11) is 0. The molecule has 4 rings (SSSR count). The normalized spacial score (nSPS) is 11.0. The maximum absolute atomic E-state index is 14.4. The molecule has 7 nitrogen and oxygen atoms in total. The third-order valence-electron chi connectivity index (χ3n) is 4.10. The first-order valence-electron chi connectivity index (χ1n) is 8.04. The zero-order valence-electron chi connectivity index (χ0n) is 14.3. The van der Waals surface area contributed by atoms with Gasteiger partial charge in [-0.25, -0.2) is 9.18 Å². The van der Waals surface area contributed by atoms with E-state index in [1.807, 2.05) is 0 Å². The SMILES string of the molecule is Cc1onc(-c2c(F)cccc2Cl)c1-c1nc(-c2ccccc2C(=O)O)no1. The summed E-state index contributed by atoms with van der Waals surface area (Å²) in [5.41, 5.74) is 0.737. The molecule has 9 heteroatoms. The third kappa shape index (κ3) is 2.93. The van der Waals surface area contributed by atoms with E-state index in [0.717, 1.165) is 0 Å². The van der Waals surface area contributed by atoms with Gasteiger partial charge in [-0.3, -0.25) is 0 Å². The molecule has 0 amide bonds. The summed E-state index contributed by atoms with van der Waals surface area (Å²) in [6, 6.07) is 10.5. The molecule has 0 fully saturated rings. The molecule has 140 valence electrons. The average molecular weight is 400 g/mol. The molecule has 28 heavy (non-hydrogen) atoms. The average Bonchev–Trinajstić information content (AvgIpc) is 3.28. The minimum absolute atomic E-state index is 0.00302. The van der Waals surface area contributed by atoms with Crippen LogP contribution < -0.4 is 0 Å². The van der Waals surface area contributed by atoms with Gasteiger partial charge in [0.25, 0.3) is 5.89 Å². The van der Waals surface area contributed by atoms with Crippen molar-refractivity contribution >= 4 is 17.6 Å². The second-order valence-corrected chi connectivity index (χ2v) is 6.24. The molecule has 0 unspecified atom stereocenters.